The first-order valence-electron chi connectivity index (χ1n) is 9.13. The van der Waals surface area contributed by atoms with Crippen LogP contribution in [-0.2, 0) is 18.3 Å². The Labute approximate surface area is 158 Å². The fraction of sp³-hybridized carbons (Fsp3) is 0.174. The van der Waals surface area contributed by atoms with Crippen molar-refractivity contribution in [3.8, 4) is 5.75 Å². The zero-order valence-electron chi connectivity index (χ0n) is 15.3. The molecule has 1 N–H and O–H groups in total. The molecule has 0 spiro atoms. The molecule has 0 atom stereocenters. The van der Waals surface area contributed by atoms with Gasteiger partial charge in [0, 0.05) is 35.9 Å². The summed E-state index contributed by atoms with van der Waals surface area (Å²) < 4.78 is 7.85. The van der Waals surface area contributed by atoms with Gasteiger partial charge in [-0.15, -0.1) is 0 Å². The number of aryl methyl sites for hydroxylation is 1. The van der Waals surface area contributed by atoms with E-state index in [-0.39, 0.29) is 12.5 Å². The molecular weight excluding hydrogens is 336 g/mol. The van der Waals surface area contributed by atoms with E-state index < -0.39 is 0 Å². The van der Waals surface area contributed by atoms with Crippen molar-refractivity contribution in [1.82, 2.24) is 9.88 Å². The van der Waals surface area contributed by atoms with Crippen LogP contribution in [0.3, 0.4) is 0 Å². The molecule has 4 nitrogen and oxygen atoms in total. The minimum absolute atomic E-state index is 0.0181. The highest BCUT2D eigenvalue weighted by Crippen LogP contribution is 2.30. The molecule has 0 aliphatic carbocycles. The molecule has 0 bridgehead atoms. The van der Waals surface area contributed by atoms with Gasteiger partial charge in [-0.1, -0.05) is 48.5 Å². The molecule has 0 radical (unpaired) electrons. The van der Waals surface area contributed by atoms with Gasteiger partial charge in [0.2, 0.25) is 0 Å². The van der Waals surface area contributed by atoms with Gasteiger partial charge in [-0.05, 0) is 30.2 Å². The number of carbonyl (C=O) groups excluding carboxylic acids is 1. The van der Waals surface area contributed by atoms with Crippen LogP contribution >= 0.6 is 0 Å². The number of amides is 1. The Bertz CT molecular complexity index is 1080. The fourth-order valence-corrected chi connectivity index (χ4v) is 3.42. The Morgan fingerprint density at radius 3 is 2.52 bits per heavy atom. The Morgan fingerprint density at radius 2 is 1.67 bits per heavy atom. The van der Waals surface area contributed by atoms with Crippen molar-refractivity contribution >= 4 is 27.7 Å². The molecule has 1 heterocycles. The molecule has 1 aromatic heterocycles. The summed E-state index contributed by atoms with van der Waals surface area (Å²) in [7, 11) is 2.05. The first-order valence-corrected chi connectivity index (χ1v) is 9.13. The molecular formula is C23H22N2O2. The van der Waals surface area contributed by atoms with Gasteiger partial charge >= 0.3 is 0 Å². The second-order valence-corrected chi connectivity index (χ2v) is 6.63. The predicted molar refractivity (Wildman–Crippen MR) is 109 cm³/mol. The first-order chi connectivity index (χ1) is 13.2. The summed E-state index contributed by atoms with van der Waals surface area (Å²) in [6, 6.07) is 24.4. The van der Waals surface area contributed by atoms with Crippen LogP contribution in [0.25, 0.3) is 21.8 Å². The van der Waals surface area contributed by atoms with Crippen LogP contribution in [0.15, 0.2) is 72.8 Å². The summed E-state index contributed by atoms with van der Waals surface area (Å²) in [5.41, 5.74) is 3.49. The van der Waals surface area contributed by atoms with E-state index in [0.717, 1.165) is 11.9 Å². The van der Waals surface area contributed by atoms with Crippen LogP contribution in [0, 0.1) is 0 Å². The van der Waals surface area contributed by atoms with Crippen molar-refractivity contribution in [3.63, 3.8) is 0 Å². The summed E-state index contributed by atoms with van der Waals surface area (Å²) in [6.45, 7) is 0.624. The Morgan fingerprint density at radius 1 is 0.926 bits per heavy atom. The number of aromatic nitrogens is 1. The van der Waals surface area contributed by atoms with Gasteiger partial charge < -0.3 is 14.6 Å². The first kappa shape index (κ1) is 17.2. The summed E-state index contributed by atoms with van der Waals surface area (Å²) in [5.74, 6) is 0.592. The van der Waals surface area contributed by atoms with Gasteiger partial charge in [-0.25, -0.2) is 0 Å². The van der Waals surface area contributed by atoms with Gasteiger partial charge in [0.15, 0.2) is 6.61 Å². The molecule has 27 heavy (non-hydrogen) atoms. The van der Waals surface area contributed by atoms with E-state index in [1.165, 1.54) is 21.9 Å². The summed E-state index contributed by atoms with van der Waals surface area (Å²) in [6.07, 6.45) is 0.814. The highest BCUT2D eigenvalue weighted by molar-refractivity contribution is 6.08. The summed E-state index contributed by atoms with van der Waals surface area (Å²) in [4.78, 5) is 12.0. The maximum Gasteiger partial charge on any atom is 0.257 e. The third-order valence-electron chi connectivity index (χ3n) is 4.83. The number of hydrogen-bond acceptors (Lipinski definition) is 2. The lowest BCUT2D eigenvalue weighted by atomic mass is 10.1. The van der Waals surface area contributed by atoms with E-state index in [1.54, 1.807) is 0 Å². The van der Waals surface area contributed by atoms with Crippen LogP contribution in [0.5, 0.6) is 5.75 Å². The van der Waals surface area contributed by atoms with Gasteiger partial charge in [0.25, 0.3) is 5.91 Å². The number of para-hydroxylation sites is 1. The van der Waals surface area contributed by atoms with Crippen LogP contribution in [0.4, 0.5) is 0 Å². The lowest BCUT2D eigenvalue weighted by molar-refractivity contribution is -0.123. The van der Waals surface area contributed by atoms with Crippen molar-refractivity contribution in [2.24, 2.45) is 7.05 Å². The zero-order valence-corrected chi connectivity index (χ0v) is 15.3. The Kier molecular flexibility index (Phi) is 4.79. The number of nitrogens with one attached hydrogen (secondary N) is 1. The zero-order chi connectivity index (χ0) is 18.6. The summed E-state index contributed by atoms with van der Waals surface area (Å²) in [5, 5.41) is 5.31. The SMILES string of the molecule is Cn1c2ccccc2c2ccc(OCC(=O)NCCc3ccccc3)cc21. The average Bonchev–Trinajstić information content (AvgIpc) is 2.99. The van der Waals surface area contributed by atoms with Crippen molar-refractivity contribution in [3.05, 3.63) is 78.4 Å². The second kappa shape index (κ2) is 7.54. The molecule has 0 fully saturated rings. The second-order valence-electron chi connectivity index (χ2n) is 6.63. The highest BCUT2D eigenvalue weighted by atomic mass is 16.5. The van der Waals surface area contributed by atoms with Crippen molar-refractivity contribution < 1.29 is 9.53 Å². The summed E-state index contributed by atoms with van der Waals surface area (Å²) >= 11 is 0. The predicted octanol–water partition coefficient (Wildman–Crippen LogP) is 4.07. The minimum Gasteiger partial charge on any atom is -0.484 e. The molecule has 0 aliphatic heterocycles. The van der Waals surface area contributed by atoms with E-state index in [4.69, 9.17) is 4.74 Å². The van der Waals surface area contributed by atoms with E-state index in [9.17, 15) is 4.79 Å². The minimum atomic E-state index is -0.108. The monoisotopic (exact) mass is 358 g/mol. The van der Waals surface area contributed by atoms with Gasteiger partial charge in [-0.2, -0.15) is 0 Å². The molecule has 0 unspecified atom stereocenters. The number of carbonyl (C=O) groups is 1. The maximum atomic E-state index is 12.0. The third kappa shape index (κ3) is 3.65. The van der Waals surface area contributed by atoms with E-state index in [2.05, 4.69) is 40.2 Å². The van der Waals surface area contributed by atoms with E-state index >= 15 is 0 Å². The normalized spacial score (nSPS) is 11.0. The van der Waals surface area contributed by atoms with Gasteiger partial charge in [0.1, 0.15) is 5.75 Å². The van der Waals surface area contributed by atoms with E-state index in [1.807, 2.05) is 49.5 Å². The number of nitrogens with zero attached hydrogens (tertiary/aromatic N) is 1. The largest absolute Gasteiger partial charge is 0.484 e. The van der Waals surface area contributed by atoms with Gasteiger partial charge in [-0.3, -0.25) is 4.79 Å². The van der Waals surface area contributed by atoms with Gasteiger partial charge in [0.05, 0.1) is 5.52 Å². The quantitative estimate of drug-likeness (QED) is 0.565. The molecule has 4 aromatic rings. The van der Waals surface area contributed by atoms with E-state index in [0.29, 0.717) is 12.3 Å². The Balaban J connectivity index is 1.38. The molecule has 1 amide bonds. The lowest BCUT2D eigenvalue weighted by Crippen LogP contribution is -2.30. The number of fused-ring (bicyclic) bond motifs is 3. The van der Waals surface area contributed by atoms with Crippen LogP contribution in [0.2, 0.25) is 0 Å². The molecule has 0 saturated heterocycles. The highest BCUT2D eigenvalue weighted by Gasteiger charge is 2.09. The number of benzene rings is 3. The molecule has 136 valence electrons. The fourth-order valence-electron chi connectivity index (χ4n) is 3.42. The third-order valence-corrected chi connectivity index (χ3v) is 4.83. The van der Waals surface area contributed by atoms with Crippen molar-refractivity contribution in [2.45, 2.75) is 6.42 Å². The number of rotatable bonds is 6. The molecule has 0 saturated carbocycles. The van der Waals surface area contributed by atoms with Crippen LogP contribution < -0.4 is 10.1 Å². The Hall–Kier alpha value is -3.27. The van der Waals surface area contributed by atoms with Crippen LogP contribution in [0.1, 0.15) is 5.56 Å². The molecule has 0 aliphatic rings. The number of ether oxygens (including phenoxy) is 1. The molecule has 4 rings (SSSR count). The topological polar surface area (TPSA) is 43.3 Å². The standard InChI is InChI=1S/C23H22N2O2/c1-25-21-10-6-5-9-19(21)20-12-11-18(15-22(20)25)27-16-23(26)24-14-13-17-7-3-2-4-8-17/h2-12,15H,13-14,16H2,1H3,(H,24,26). The van der Waals surface area contributed by atoms with Crippen LogP contribution in [-0.4, -0.2) is 23.6 Å². The van der Waals surface area contributed by atoms with Crippen molar-refractivity contribution in [1.29, 1.82) is 0 Å². The van der Waals surface area contributed by atoms with Crippen molar-refractivity contribution in [2.75, 3.05) is 13.2 Å². The number of hydrogen-bond donors (Lipinski definition) is 1. The smallest absolute Gasteiger partial charge is 0.257 e. The molecule has 3 aromatic carbocycles. The lowest BCUT2D eigenvalue weighted by Gasteiger charge is -2.08. The maximum absolute atomic E-state index is 12.0. The molecule has 4 heteroatoms. The average molecular weight is 358 g/mol.